The largest absolute Gasteiger partial charge is 0.479 e. The molecular formula is C16H21N3O4. The van der Waals surface area contributed by atoms with E-state index in [1.807, 2.05) is 11.8 Å². The maximum absolute atomic E-state index is 12.8. The molecule has 2 aliphatic rings. The van der Waals surface area contributed by atoms with Gasteiger partial charge in [-0.1, -0.05) is 13.0 Å². The van der Waals surface area contributed by atoms with E-state index in [9.17, 15) is 9.59 Å². The second-order valence-electron chi connectivity index (χ2n) is 6.27. The van der Waals surface area contributed by atoms with Gasteiger partial charge >= 0.3 is 0 Å². The Morgan fingerprint density at radius 2 is 2.43 bits per heavy atom. The minimum atomic E-state index is -0.483. The lowest BCUT2D eigenvalue weighted by atomic mass is 9.78. The minimum absolute atomic E-state index is 0.110. The minimum Gasteiger partial charge on any atom is -0.479 e. The third-order valence-electron chi connectivity index (χ3n) is 5.00. The van der Waals surface area contributed by atoms with E-state index in [4.69, 9.17) is 9.26 Å². The fourth-order valence-corrected chi connectivity index (χ4v) is 3.62. The van der Waals surface area contributed by atoms with Crippen LogP contribution in [0.5, 0.6) is 5.88 Å². The second kappa shape index (κ2) is 5.72. The van der Waals surface area contributed by atoms with Gasteiger partial charge in [-0.2, -0.15) is 0 Å². The van der Waals surface area contributed by atoms with Crippen molar-refractivity contribution in [1.29, 1.82) is 0 Å². The molecule has 0 radical (unpaired) electrons. The monoisotopic (exact) mass is 319 g/mol. The zero-order valence-corrected chi connectivity index (χ0v) is 13.4. The lowest BCUT2D eigenvalue weighted by Crippen LogP contribution is -2.40. The molecule has 0 unspecified atom stereocenters. The van der Waals surface area contributed by atoms with E-state index in [1.54, 1.807) is 11.0 Å². The van der Waals surface area contributed by atoms with Crippen molar-refractivity contribution in [3.8, 4) is 5.88 Å². The Hall–Kier alpha value is -2.31. The molecule has 1 aromatic heterocycles. The zero-order chi connectivity index (χ0) is 16.6. The molecule has 3 rings (SSSR count). The van der Waals surface area contributed by atoms with E-state index >= 15 is 0 Å². The Bertz CT molecular complexity index is 641. The standard InChI is InChI=1S/C16H21N3O4/c1-4-6-18-7-5-16(15(18)21)10-19(9-11(16)2)14(20)12-8-13(22-3)17-23-12/h4,8,11H,1,5-7,9-10H2,2-3H3/t11-,16-/m1/s1. The molecule has 3 heterocycles. The van der Waals surface area contributed by atoms with Crippen LogP contribution in [0, 0.1) is 11.3 Å². The van der Waals surface area contributed by atoms with Crippen LogP contribution in [0.1, 0.15) is 23.9 Å². The summed E-state index contributed by atoms with van der Waals surface area (Å²) in [6.07, 6.45) is 2.50. The third kappa shape index (κ3) is 2.40. The average molecular weight is 319 g/mol. The number of ether oxygens (including phenoxy) is 1. The Morgan fingerprint density at radius 1 is 1.65 bits per heavy atom. The van der Waals surface area contributed by atoms with Crippen molar-refractivity contribution in [1.82, 2.24) is 15.0 Å². The first-order valence-electron chi connectivity index (χ1n) is 7.72. The molecule has 0 aliphatic carbocycles. The number of rotatable bonds is 4. The van der Waals surface area contributed by atoms with Gasteiger partial charge in [-0.25, -0.2) is 0 Å². The van der Waals surface area contributed by atoms with E-state index in [0.717, 1.165) is 6.42 Å². The molecule has 2 fully saturated rings. The summed E-state index contributed by atoms with van der Waals surface area (Å²) < 4.78 is 9.96. The number of aromatic nitrogens is 1. The summed E-state index contributed by atoms with van der Waals surface area (Å²) >= 11 is 0. The molecule has 1 aromatic rings. The van der Waals surface area contributed by atoms with Crippen molar-refractivity contribution in [2.75, 3.05) is 33.3 Å². The predicted octanol–water partition coefficient (Wildman–Crippen LogP) is 1.18. The Morgan fingerprint density at radius 3 is 3.09 bits per heavy atom. The maximum Gasteiger partial charge on any atom is 0.292 e. The van der Waals surface area contributed by atoms with Crippen LogP contribution in [-0.2, 0) is 4.79 Å². The lowest BCUT2D eigenvalue weighted by molar-refractivity contribution is -0.136. The molecule has 2 atom stereocenters. The molecule has 2 amide bonds. The SMILES string of the molecule is C=CCN1CC[C@]2(CN(C(=O)c3cc(OC)no3)C[C@H]2C)C1=O. The Kier molecular flexibility index (Phi) is 3.87. The van der Waals surface area contributed by atoms with Crippen LogP contribution in [0.2, 0.25) is 0 Å². The molecule has 7 nitrogen and oxygen atoms in total. The van der Waals surface area contributed by atoms with Gasteiger partial charge in [0.25, 0.3) is 11.8 Å². The van der Waals surface area contributed by atoms with Gasteiger partial charge in [0.2, 0.25) is 11.7 Å². The summed E-state index contributed by atoms with van der Waals surface area (Å²) in [5, 5.41) is 3.66. The van der Waals surface area contributed by atoms with Crippen LogP contribution in [-0.4, -0.2) is 60.1 Å². The highest BCUT2D eigenvalue weighted by molar-refractivity contribution is 5.93. The van der Waals surface area contributed by atoms with Crippen LogP contribution in [0.3, 0.4) is 0 Å². The summed E-state index contributed by atoms with van der Waals surface area (Å²) in [6.45, 7) is 7.96. The van der Waals surface area contributed by atoms with Crippen LogP contribution in [0.25, 0.3) is 0 Å². The van der Waals surface area contributed by atoms with Gasteiger partial charge in [-0.05, 0) is 17.5 Å². The van der Waals surface area contributed by atoms with Crippen molar-refractivity contribution in [3.63, 3.8) is 0 Å². The van der Waals surface area contributed by atoms with Gasteiger partial charge in [0, 0.05) is 26.2 Å². The number of carbonyl (C=O) groups excluding carboxylic acids is 2. The number of hydrogen-bond acceptors (Lipinski definition) is 5. The zero-order valence-electron chi connectivity index (χ0n) is 13.4. The fraction of sp³-hybridized carbons (Fsp3) is 0.562. The maximum atomic E-state index is 12.8. The van der Waals surface area contributed by atoms with Gasteiger partial charge < -0.3 is 19.1 Å². The number of amides is 2. The molecule has 0 saturated carbocycles. The molecule has 0 aromatic carbocycles. The molecule has 1 spiro atoms. The van der Waals surface area contributed by atoms with Crippen LogP contribution >= 0.6 is 0 Å². The van der Waals surface area contributed by atoms with E-state index in [-0.39, 0.29) is 29.4 Å². The normalized spacial score (nSPS) is 27.0. The Labute approximate surface area is 134 Å². The van der Waals surface area contributed by atoms with Gasteiger partial charge in [0.15, 0.2) is 0 Å². The quantitative estimate of drug-likeness (QED) is 0.779. The number of methoxy groups -OCH3 is 1. The van der Waals surface area contributed by atoms with Gasteiger partial charge in [0.05, 0.1) is 18.6 Å². The smallest absolute Gasteiger partial charge is 0.292 e. The van der Waals surface area contributed by atoms with Gasteiger partial charge in [-0.3, -0.25) is 9.59 Å². The first kappa shape index (κ1) is 15.6. The summed E-state index contributed by atoms with van der Waals surface area (Å²) in [4.78, 5) is 28.8. The molecule has 124 valence electrons. The van der Waals surface area contributed by atoms with Crippen molar-refractivity contribution in [2.24, 2.45) is 11.3 Å². The molecule has 7 heteroatoms. The third-order valence-corrected chi connectivity index (χ3v) is 5.00. The molecule has 2 aliphatic heterocycles. The number of carbonyl (C=O) groups is 2. The second-order valence-corrected chi connectivity index (χ2v) is 6.27. The first-order valence-corrected chi connectivity index (χ1v) is 7.72. The average Bonchev–Trinajstić information content (AvgIpc) is 3.22. The molecule has 0 N–H and O–H groups in total. The van der Waals surface area contributed by atoms with Crippen LogP contribution in [0.15, 0.2) is 23.2 Å². The summed E-state index contributed by atoms with van der Waals surface area (Å²) in [5.74, 6) is 0.386. The predicted molar refractivity (Wildman–Crippen MR) is 81.9 cm³/mol. The number of likely N-dealkylation sites (tertiary alicyclic amines) is 2. The number of hydrogen-bond donors (Lipinski definition) is 0. The van der Waals surface area contributed by atoms with Gasteiger partial charge in [-0.15, -0.1) is 6.58 Å². The van der Waals surface area contributed by atoms with Crippen molar-refractivity contribution < 1.29 is 18.8 Å². The fourth-order valence-electron chi connectivity index (χ4n) is 3.62. The lowest BCUT2D eigenvalue weighted by Gasteiger charge is -2.26. The van der Waals surface area contributed by atoms with Crippen molar-refractivity contribution in [3.05, 3.63) is 24.5 Å². The van der Waals surface area contributed by atoms with E-state index in [1.165, 1.54) is 13.2 Å². The Balaban J connectivity index is 1.77. The van der Waals surface area contributed by atoms with E-state index < -0.39 is 5.41 Å². The number of nitrogens with zero attached hydrogens (tertiary/aromatic N) is 3. The van der Waals surface area contributed by atoms with Gasteiger partial charge in [0.1, 0.15) is 0 Å². The topological polar surface area (TPSA) is 75.9 Å². The highest BCUT2D eigenvalue weighted by Crippen LogP contribution is 2.45. The summed E-state index contributed by atoms with van der Waals surface area (Å²) in [6, 6.07) is 1.47. The highest BCUT2D eigenvalue weighted by Gasteiger charge is 2.55. The molecular weight excluding hydrogens is 298 g/mol. The van der Waals surface area contributed by atoms with Crippen LogP contribution in [0.4, 0.5) is 0 Å². The van der Waals surface area contributed by atoms with E-state index in [0.29, 0.717) is 26.2 Å². The first-order chi connectivity index (χ1) is 11.0. The van der Waals surface area contributed by atoms with Crippen molar-refractivity contribution in [2.45, 2.75) is 13.3 Å². The molecule has 2 saturated heterocycles. The molecule has 0 bridgehead atoms. The van der Waals surface area contributed by atoms with Crippen LogP contribution < -0.4 is 4.74 Å². The summed E-state index contributed by atoms with van der Waals surface area (Å²) in [5.41, 5.74) is -0.483. The highest BCUT2D eigenvalue weighted by atomic mass is 16.5. The van der Waals surface area contributed by atoms with E-state index in [2.05, 4.69) is 11.7 Å². The summed E-state index contributed by atoms with van der Waals surface area (Å²) in [7, 11) is 1.46. The molecule has 23 heavy (non-hydrogen) atoms. The van der Waals surface area contributed by atoms with Crippen molar-refractivity contribution >= 4 is 11.8 Å².